The van der Waals surface area contributed by atoms with Crippen LogP contribution in [0.2, 0.25) is 0 Å². The van der Waals surface area contributed by atoms with E-state index in [1.807, 2.05) is 58.3 Å². The number of nitrogens with zero attached hydrogens (tertiary/aromatic N) is 2. The molecule has 0 amide bonds. The number of hydrogen-bond donors (Lipinski definition) is 0. The molecule has 0 aliphatic rings. The average molecular weight is 527 g/mol. The Balaban J connectivity index is 2.38. The lowest BCUT2D eigenvalue weighted by Crippen LogP contribution is -2.02. The topological polar surface area (TPSA) is 17.8 Å². The van der Waals surface area contributed by atoms with Gasteiger partial charge in [0, 0.05) is 15.3 Å². The van der Waals surface area contributed by atoms with Crippen molar-refractivity contribution in [3.63, 3.8) is 0 Å². The van der Waals surface area contributed by atoms with E-state index in [9.17, 15) is 4.39 Å². The lowest BCUT2D eigenvalue weighted by atomic mass is 10.2. The van der Waals surface area contributed by atoms with Crippen molar-refractivity contribution >= 4 is 67.8 Å². The Labute approximate surface area is 154 Å². The molecule has 1 unspecified atom stereocenters. The van der Waals surface area contributed by atoms with E-state index in [-0.39, 0.29) is 11.2 Å². The first-order valence-corrected chi connectivity index (χ1v) is 8.84. The summed E-state index contributed by atoms with van der Waals surface area (Å²) < 4.78 is 17.5. The highest BCUT2D eigenvalue weighted by Crippen LogP contribution is 2.30. The van der Waals surface area contributed by atoms with Crippen LogP contribution >= 0.6 is 56.8 Å². The molecule has 0 aliphatic carbocycles. The van der Waals surface area contributed by atoms with Gasteiger partial charge in [0.2, 0.25) is 0 Å². The number of rotatable bonds is 2. The van der Waals surface area contributed by atoms with Crippen LogP contribution in [0.3, 0.4) is 0 Å². The molecule has 0 fully saturated rings. The predicted molar refractivity (Wildman–Crippen MR) is 101 cm³/mol. The zero-order valence-corrected chi connectivity index (χ0v) is 16.0. The van der Waals surface area contributed by atoms with E-state index < -0.39 is 0 Å². The van der Waals surface area contributed by atoms with Gasteiger partial charge in [-0.3, -0.25) is 4.57 Å². The van der Waals surface area contributed by atoms with Gasteiger partial charge < -0.3 is 0 Å². The van der Waals surface area contributed by atoms with Gasteiger partial charge in [0.15, 0.2) is 0 Å². The van der Waals surface area contributed by atoms with Gasteiger partial charge in [0.1, 0.15) is 11.6 Å². The Morgan fingerprint density at radius 1 is 1.24 bits per heavy atom. The van der Waals surface area contributed by atoms with Gasteiger partial charge in [0.25, 0.3) is 0 Å². The highest BCUT2D eigenvalue weighted by molar-refractivity contribution is 14.1. The largest absolute Gasteiger partial charge is 0.295 e. The molecule has 0 N–H and O–H groups in total. The summed E-state index contributed by atoms with van der Waals surface area (Å²) in [6.07, 6.45) is 0. The zero-order valence-electron chi connectivity index (χ0n) is 10.9. The number of aromatic nitrogens is 2. The fraction of sp³-hybridized carbons (Fsp3) is 0.133. The first-order chi connectivity index (χ1) is 9.97. The molecule has 2 aromatic carbocycles. The van der Waals surface area contributed by atoms with Crippen LogP contribution in [-0.2, 0) is 0 Å². The molecule has 0 radical (unpaired) electrons. The minimum absolute atomic E-state index is 0.247. The van der Waals surface area contributed by atoms with Crippen molar-refractivity contribution in [3.05, 3.63) is 55.2 Å². The summed E-state index contributed by atoms with van der Waals surface area (Å²) >= 11 is 10.5. The minimum Gasteiger partial charge on any atom is -0.295 e. The van der Waals surface area contributed by atoms with E-state index in [0.717, 1.165) is 26.1 Å². The second kappa shape index (κ2) is 6.00. The fourth-order valence-electron chi connectivity index (χ4n) is 2.24. The van der Waals surface area contributed by atoms with Crippen LogP contribution in [0.15, 0.2) is 36.4 Å². The number of halogens is 4. The number of hydrogen-bond acceptors (Lipinski definition) is 1. The standard InChI is InChI=1S/C15H10ClFI2N2/c1-8(16)15-20-13-7-12(19)11(17)6-14(13)21(15)10-4-2-3-9(18)5-10/h2-8H,1H3. The van der Waals surface area contributed by atoms with Crippen molar-refractivity contribution in [2.45, 2.75) is 12.3 Å². The van der Waals surface area contributed by atoms with Crippen molar-refractivity contribution in [1.29, 1.82) is 0 Å². The second-order valence-corrected chi connectivity index (χ2v) is 7.72. The molecule has 108 valence electrons. The molecular weight excluding hydrogens is 516 g/mol. The fourth-order valence-corrected chi connectivity index (χ4v) is 3.37. The van der Waals surface area contributed by atoms with E-state index in [4.69, 9.17) is 11.6 Å². The Kier molecular flexibility index (Phi) is 4.42. The molecule has 2 nitrogen and oxygen atoms in total. The Hall–Kier alpha value is -0.410. The first kappa shape index (κ1) is 15.5. The lowest BCUT2D eigenvalue weighted by molar-refractivity contribution is 0.621. The van der Waals surface area contributed by atoms with Crippen molar-refractivity contribution in [1.82, 2.24) is 9.55 Å². The summed E-state index contributed by atoms with van der Waals surface area (Å²) in [4.78, 5) is 4.58. The summed E-state index contributed by atoms with van der Waals surface area (Å²) in [6.45, 7) is 1.87. The zero-order chi connectivity index (χ0) is 15.1. The summed E-state index contributed by atoms with van der Waals surface area (Å²) in [5, 5.41) is -0.268. The van der Waals surface area contributed by atoms with Crippen LogP contribution in [0.1, 0.15) is 18.1 Å². The SMILES string of the molecule is CC(Cl)c1nc2cc(I)c(F)cc2n1-c1cccc(I)c1. The number of benzene rings is 2. The van der Waals surface area contributed by atoms with E-state index in [0.29, 0.717) is 3.57 Å². The predicted octanol–water partition coefficient (Wildman–Crippen LogP) is 5.67. The molecule has 3 aromatic rings. The van der Waals surface area contributed by atoms with Gasteiger partial charge in [0.05, 0.1) is 20.0 Å². The summed E-state index contributed by atoms with van der Waals surface area (Å²) in [6, 6.07) is 11.2. The van der Waals surface area contributed by atoms with Gasteiger partial charge in [-0.25, -0.2) is 9.37 Å². The molecule has 1 aromatic heterocycles. The highest BCUT2D eigenvalue weighted by atomic mass is 127. The van der Waals surface area contributed by atoms with Gasteiger partial charge in [-0.2, -0.15) is 0 Å². The van der Waals surface area contributed by atoms with Gasteiger partial charge in [-0.05, 0) is 76.4 Å². The number of alkyl halides is 1. The maximum atomic E-state index is 14.0. The van der Waals surface area contributed by atoms with Gasteiger partial charge in [-0.15, -0.1) is 11.6 Å². The molecule has 0 spiro atoms. The molecule has 0 aliphatic heterocycles. The summed E-state index contributed by atoms with van der Waals surface area (Å²) in [7, 11) is 0. The third-order valence-corrected chi connectivity index (χ3v) is 4.84. The second-order valence-electron chi connectivity index (χ2n) is 4.66. The summed E-state index contributed by atoms with van der Waals surface area (Å²) in [5.41, 5.74) is 2.42. The Morgan fingerprint density at radius 3 is 2.67 bits per heavy atom. The normalized spacial score (nSPS) is 12.8. The van der Waals surface area contributed by atoms with Gasteiger partial charge in [-0.1, -0.05) is 6.07 Å². The quantitative estimate of drug-likeness (QED) is 0.311. The average Bonchev–Trinajstić information content (AvgIpc) is 2.78. The molecule has 6 heteroatoms. The number of fused-ring (bicyclic) bond motifs is 1. The van der Waals surface area contributed by atoms with E-state index in [2.05, 4.69) is 27.6 Å². The van der Waals surface area contributed by atoms with Crippen molar-refractivity contribution in [3.8, 4) is 5.69 Å². The summed E-state index contributed by atoms with van der Waals surface area (Å²) in [5.74, 6) is 0.471. The molecule has 0 saturated heterocycles. The molecule has 0 saturated carbocycles. The minimum atomic E-state index is -0.268. The molecule has 1 heterocycles. The smallest absolute Gasteiger partial charge is 0.138 e. The van der Waals surface area contributed by atoms with Crippen molar-refractivity contribution in [2.24, 2.45) is 0 Å². The maximum absolute atomic E-state index is 14.0. The highest BCUT2D eigenvalue weighted by Gasteiger charge is 2.18. The molecule has 1 atom stereocenters. The van der Waals surface area contributed by atoms with Crippen molar-refractivity contribution < 1.29 is 4.39 Å². The third-order valence-electron chi connectivity index (χ3n) is 3.14. The third kappa shape index (κ3) is 2.92. The van der Waals surface area contributed by atoms with Crippen LogP contribution in [0.5, 0.6) is 0 Å². The van der Waals surface area contributed by atoms with Crippen LogP contribution in [0.25, 0.3) is 16.7 Å². The van der Waals surface area contributed by atoms with Crippen molar-refractivity contribution in [2.75, 3.05) is 0 Å². The van der Waals surface area contributed by atoms with Crippen LogP contribution in [0, 0.1) is 13.0 Å². The molecule has 0 bridgehead atoms. The van der Waals surface area contributed by atoms with E-state index >= 15 is 0 Å². The Morgan fingerprint density at radius 2 is 2.00 bits per heavy atom. The van der Waals surface area contributed by atoms with Crippen LogP contribution in [-0.4, -0.2) is 9.55 Å². The number of imidazole rings is 1. The molecule has 3 rings (SSSR count). The maximum Gasteiger partial charge on any atom is 0.138 e. The molecular formula is C15H10ClFI2N2. The first-order valence-electron chi connectivity index (χ1n) is 6.25. The van der Waals surface area contributed by atoms with Crippen LogP contribution < -0.4 is 0 Å². The molecule has 21 heavy (non-hydrogen) atoms. The van der Waals surface area contributed by atoms with Crippen LogP contribution in [0.4, 0.5) is 4.39 Å². The lowest BCUT2D eigenvalue weighted by Gasteiger charge is -2.11. The van der Waals surface area contributed by atoms with Gasteiger partial charge >= 0.3 is 0 Å². The van der Waals surface area contributed by atoms with E-state index in [1.165, 1.54) is 6.07 Å². The Bertz CT molecular complexity index is 830. The van der Waals surface area contributed by atoms with E-state index in [1.54, 1.807) is 6.07 Å². The monoisotopic (exact) mass is 526 g/mol.